The molecule has 0 spiro atoms. The molecule has 2 N–H and O–H groups in total. The van der Waals surface area contributed by atoms with Crippen LogP contribution in [0.2, 0.25) is 0 Å². The number of nitrogens with zero attached hydrogens (tertiary/aromatic N) is 3. The van der Waals surface area contributed by atoms with E-state index >= 15 is 0 Å². The van der Waals surface area contributed by atoms with Crippen molar-refractivity contribution in [2.45, 2.75) is 38.1 Å². The van der Waals surface area contributed by atoms with Crippen molar-refractivity contribution >= 4 is 22.5 Å². The van der Waals surface area contributed by atoms with Crippen molar-refractivity contribution in [2.75, 3.05) is 14.2 Å². The first-order chi connectivity index (χ1) is 16.0. The third kappa shape index (κ3) is 4.03. The van der Waals surface area contributed by atoms with E-state index in [1.54, 1.807) is 31.5 Å². The number of rotatable bonds is 7. The van der Waals surface area contributed by atoms with Crippen LogP contribution in [0.5, 0.6) is 0 Å². The van der Waals surface area contributed by atoms with Crippen molar-refractivity contribution < 1.29 is 9.53 Å². The Morgan fingerprint density at radius 2 is 2.09 bits per heavy atom. The number of methoxy groups -OCH3 is 1. The van der Waals surface area contributed by atoms with Crippen LogP contribution in [0.25, 0.3) is 16.6 Å². The number of H-pyrrole nitrogens is 1. The van der Waals surface area contributed by atoms with E-state index in [0.717, 1.165) is 41.5 Å². The number of aromatic nitrogens is 3. The molecule has 0 aliphatic heterocycles. The van der Waals surface area contributed by atoms with Crippen LogP contribution < -0.4 is 10.9 Å². The molecular formula is C25H27N5O3. The molecule has 4 aromatic rings. The van der Waals surface area contributed by atoms with Gasteiger partial charge in [-0.3, -0.25) is 18.9 Å². The van der Waals surface area contributed by atoms with Crippen molar-refractivity contribution in [1.29, 1.82) is 0 Å². The number of nitrogens with one attached hydrogen (secondary N) is 2. The Hall–Kier alpha value is -3.49. The third-order valence-corrected chi connectivity index (χ3v) is 6.62. The molecule has 3 aromatic heterocycles. The van der Waals surface area contributed by atoms with E-state index in [1.165, 1.54) is 16.9 Å². The minimum absolute atomic E-state index is 0.112. The highest BCUT2D eigenvalue weighted by Gasteiger charge is 2.40. The zero-order valence-electron chi connectivity index (χ0n) is 18.8. The first-order valence-electron chi connectivity index (χ1n) is 11.1. The first kappa shape index (κ1) is 21.4. The Morgan fingerprint density at radius 1 is 1.24 bits per heavy atom. The summed E-state index contributed by atoms with van der Waals surface area (Å²) >= 11 is 0. The van der Waals surface area contributed by atoms with Crippen LogP contribution in [0.1, 0.15) is 41.0 Å². The molecule has 1 aliphatic rings. The van der Waals surface area contributed by atoms with Gasteiger partial charge < -0.3 is 15.0 Å². The lowest BCUT2D eigenvalue weighted by Crippen LogP contribution is -2.52. The summed E-state index contributed by atoms with van der Waals surface area (Å²) in [5.41, 5.74) is 3.23. The number of carbonyl (C=O) groups is 1. The second kappa shape index (κ2) is 8.46. The fourth-order valence-electron chi connectivity index (χ4n) is 4.49. The van der Waals surface area contributed by atoms with Gasteiger partial charge in [0, 0.05) is 43.7 Å². The molecule has 170 valence electrons. The Balaban J connectivity index is 1.28. The fourth-order valence-corrected chi connectivity index (χ4v) is 4.49. The molecule has 1 amide bonds. The molecule has 33 heavy (non-hydrogen) atoms. The van der Waals surface area contributed by atoms with Crippen LogP contribution in [-0.4, -0.2) is 45.1 Å². The van der Waals surface area contributed by atoms with Gasteiger partial charge in [0.15, 0.2) is 0 Å². The topological polar surface area (TPSA) is 91.7 Å². The summed E-state index contributed by atoms with van der Waals surface area (Å²) in [5.74, 6) is -0.377. The summed E-state index contributed by atoms with van der Waals surface area (Å²) in [5, 5.41) is 3.99. The number of fused-ring (bicyclic) bond motifs is 2. The van der Waals surface area contributed by atoms with Gasteiger partial charge in [0.2, 0.25) is 0 Å². The zero-order chi connectivity index (χ0) is 23.0. The Morgan fingerprint density at radius 3 is 2.85 bits per heavy atom. The molecule has 5 rings (SSSR count). The maximum atomic E-state index is 12.6. The summed E-state index contributed by atoms with van der Waals surface area (Å²) in [6.07, 6.45) is 4.94. The molecular weight excluding hydrogens is 418 g/mol. The zero-order valence-corrected chi connectivity index (χ0v) is 18.8. The lowest BCUT2D eigenvalue weighted by atomic mass is 9.86. The average Bonchev–Trinajstić information content (AvgIpc) is 3.18. The van der Waals surface area contributed by atoms with Crippen LogP contribution >= 0.6 is 0 Å². The van der Waals surface area contributed by atoms with Gasteiger partial charge in [-0.1, -0.05) is 18.2 Å². The molecule has 3 heterocycles. The smallest absolute Gasteiger partial charge is 0.270 e. The second-order valence-corrected chi connectivity index (χ2v) is 8.67. The molecule has 1 aliphatic carbocycles. The highest BCUT2D eigenvalue weighted by atomic mass is 16.5. The molecule has 8 nitrogen and oxygen atoms in total. The Kier molecular flexibility index (Phi) is 5.47. The number of hydrogen-bond donors (Lipinski definition) is 2. The van der Waals surface area contributed by atoms with Crippen LogP contribution in [-0.2, 0) is 17.8 Å². The van der Waals surface area contributed by atoms with Crippen LogP contribution in [0.15, 0.2) is 59.5 Å². The van der Waals surface area contributed by atoms with Crippen molar-refractivity contribution in [3.63, 3.8) is 0 Å². The number of pyridine rings is 1. The van der Waals surface area contributed by atoms with Crippen LogP contribution in [0.3, 0.4) is 0 Å². The molecule has 1 saturated carbocycles. The summed E-state index contributed by atoms with van der Waals surface area (Å²) in [6.45, 7) is 1.11. The van der Waals surface area contributed by atoms with E-state index in [-0.39, 0.29) is 22.9 Å². The van der Waals surface area contributed by atoms with Gasteiger partial charge in [-0.25, -0.2) is 4.98 Å². The monoisotopic (exact) mass is 445 g/mol. The molecule has 1 fully saturated rings. The Labute approximate surface area is 191 Å². The Bertz CT molecular complexity index is 1380. The van der Waals surface area contributed by atoms with E-state index in [2.05, 4.69) is 33.3 Å². The number of aromatic amines is 1. The number of ether oxygens (including phenoxy) is 1. The van der Waals surface area contributed by atoms with Crippen molar-refractivity contribution in [3.05, 3.63) is 82.0 Å². The van der Waals surface area contributed by atoms with Gasteiger partial charge in [-0.2, -0.15) is 0 Å². The summed E-state index contributed by atoms with van der Waals surface area (Å²) < 4.78 is 7.18. The average molecular weight is 446 g/mol. The predicted molar refractivity (Wildman–Crippen MR) is 126 cm³/mol. The van der Waals surface area contributed by atoms with E-state index in [4.69, 9.17) is 4.74 Å². The molecule has 1 aromatic carbocycles. The highest BCUT2D eigenvalue weighted by Crippen LogP contribution is 2.38. The van der Waals surface area contributed by atoms with Gasteiger partial charge in [0.05, 0.1) is 0 Å². The van der Waals surface area contributed by atoms with Crippen LogP contribution in [0.4, 0.5) is 0 Å². The molecule has 0 bridgehead atoms. The van der Waals surface area contributed by atoms with Gasteiger partial charge in [-0.15, -0.1) is 0 Å². The lowest BCUT2D eigenvalue weighted by Gasteiger charge is -2.47. The predicted octanol–water partition coefficient (Wildman–Crippen LogP) is 3.06. The second-order valence-electron chi connectivity index (χ2n) is 8.67. The maximum absolute atomic E-state index is 12.6. The quantitative estimate of drug-likeness (QED) is 0.427. The summed E-state index contributed by atoms with van der Waals surface area (Å²) in [7, 11) is 3.88. The van der Waals surface area contributed by atoms with Gasteiger partial charge in [0.25, 0.3) is 11.5 Å². The maximum Gasteiger partial charge on any atom is 0.270 e. The molecule has 0 atom stereocenters. The van der Waals surface area contributed by atoms with E-state index < -0.39 is 0 Å². The standard InChI is InChI=1S/C25H27N5O3/c1-29(25(33-2)9-5-10-25)16-19-13-18-8-7-17(12-20(18)27-19)15-26-24(32)21-14-23(31)30-11-4-3-6-22(30)28-21/h3-4,6-8,11-14,27H,5,9-10,15-16H2,1-2H3,(H,26,32). The van der Waals surface area contributed by atoms with Crippen molar-refractivity contribution in [3.8, 4) is 0 Å². The largest absolute Gasteiger partial charge is 0.364 e. The van der Waals surface area contributed by atoms with E-state index in [9.17, 15) is 9.59 Å². The van der Waals surface area contributed by atoms with Gasteiger partial charge in [-0.05, 0) is 61.5 Å². The SMILES string of the molecule is COC1(N(C)Cc2cc3ccc(CNC(=O)c4cc(=O)n5ccccc5n4)cc3[nH]2)CCC1. The van der Waals surface area contributed by atoms with Gasteiger partial charge in [0.1, 0.15) is 17.1 Å². The third-order valence-electron chi connectivity index (χ3n) is 6.62. The molecule has 0 unspecified atom stereocenters. The first-order valence-corrected chi connectivity index (χ1v) is 11.1. The minimum Gasteiger partial charge on any atom is -0.364 e. The van der Waals surface area contributed by atoms with E-state index in [1.807, 2.05) is 18.2 Å². The fraction of sp³-hybridized carbons (Fsp3) is 0.320. The molecule has 8 heteroatoms. The minimum atomic E-state index is -0.377. The van der Waals surface area contributed by atoms with Gasteiger partial charge >= 0.3 is 0 Å². The highest BCUT2D eigenvalue weighted by molar-refractivity contribution is 5.92. The van der Waals surface area contributed by atoms with Crippen molar-refractivity contribution in [2.24, 2.45) is 0 Å². The summed E-state index contributed by atoms with van der Waals surface area (Å²) in [4.78, 5) is 34.9. The lowest BCUT2D eigenvalue weighted by molar-refractivity contribution is -0.179. The van der Waals surface area contributed by atoms with E-state index in [0.29, 0.717) is 12.2 Å². The molecule has 0 saturated heterocycles. The van der Waals surface area contributed by atoms with Crippen molar-refractivity contribution in [1.82, 2.24) is 24.6 Å². The number of benzene rings is 1. The number of hydrogen-bond acceptors (Lipinski definition) is 5. The normalized spacial score (nSPS) is 15.1. The van der Waals surface area contributed by atoms with Crippen LogP contribution in [0, 0.1) is 0 Å². The molecule has 0 radical (unpaired) electrons. The number of carbonyl (C=O) groups excluding carboxylic acids is 1. The summed E-state index contributed by atoms with van der Waals surface area (Å²) in [6, 6.07) is 14.7. The number of amides is 1.